The Labute approximate surface area is 170 Å². The van der Waals surface area contributed by atoms with Crippen LogP contribution in [0.1, 0.15) is 70.4 Å². The van der Waals surface area contributed by atoms with Crippen molar-refractivity contribution < 1.29 is 29.0 Å². The predicted octanol–water partition coefficient (Wildman–Crippen LogP) is 4.88. The summed E-state index contributed by atoms with van der Waals surface area (Å²) in [6, 6.07) is 2.90. The third-order valence-electron chi connectivity index (χ3n) is 3.67. The molecule has 1 aromatic heterocycles. The van der Waals surface area contributed by atoms with Gasteiger partial charge in [-0.1, -0.05) is 12.2 Å². The van der Waals surface area contributed by atoms with Gasteiger partial charge in [0, 0.05) is 5.56 Å². The lowest BCUT2D eigenvalue weighted by Gasteiger charge is -2.28. The van der Waals surface area contributed by atoms with Crippen LogP contribution in [0.4, 0.5) is 15.4 Å². The summed E-state index contributed by atoms with van der Waals surface area (Å²) in [5, 5.41) is 9.56. The van der Waals surface area contributed by atoms with Crippen molar-refractivity contribution in [3.05, 3.63) is 29.5 Å². The molecule has 8 heteroatoms. The third-order valence-corrected chi connectivity index (χ3v) is 3.67. The molecule has 1 N–H and O–H groups in total. The molecule has 0 radical (unpaired) electrons. The zero-order valence-corrected chi connectivity index (χ0v) is 17.7. The number of carbonyl (C=O) groups is 3. The quantitative estimate of drug-likeness (QED) is 0.762. The van der Waals surface area contributed by atoms with Gasteiger partial charge in [-0.25, -0.2) is 19.4 Å². The van der Waals surface area contributed by atoms with Crippen LogP contribution < -0.4 is 4.90 Å². The van der Waals surface area contributed by atoms with E-state index in [1.54, 1.807) is 47.6 Å². The second-order valence-electron chi connectivity index (χ2n) is 8.91. The molecule has 2 amide bonds. The summed E-state index contributed by atoms with van der Waals surface area (Å²) in [5.74, 6) is -0.999. The molecule has 1 saturated carbocycles. The number of aromatic carboxylic acids is 1. The van der Waals surface area contributed by atoms with Crippen LogP contribution >= 0.6 is 0 Å². The van der Waals surface area contributed by atoms with Gasteiger partial charge in [-0.15, -0.1) is 0 Å². The maximum atomic E-state index is 12.7. The highest BCUT2D eigenvalue weighted by atomic mass is 16.6. The summed E-state index contributed by atoms with van der Waals surface area (Å²) >= 11 is 0. The SMILES string of the molecule is CC(C)(C)OC(=O)N(C(=O)OC(C)(C)C)c1ccc(/C=C/C2CC2)c(C(=O)O)n1. The van der Waals surface area contributed by atoms with E-state index in [1.165, 1.54) is 12.1 Å². The maximum absolute atomic E-state index is 12.7. The minimum absolute atomic E-state index is 0.186. The monoisotopic (exact) mass is 404 g/mol. The molecule has 2 rings (SSSR count). The Morgan fingerprint density at radius 2 is 1.55 bits per heavy atom. The van der Waals surface area contributed by atoms with Gasteiger partial charge in [0.15, 0.2) is 5.69 Å². The Bertz CT molecular complexity index is 801. The van der Waals surface area contributed by atoms with Crippen LogP contribution in [0.5, 0.6) is 0 Å². The van der Waals surface area contributed by atoms with Crippen molar-refractivity contribution in [3.63, 3.8) is 0 Å². The number of allylic oxidation sites excluding steroid dienone is 1. The lowest BCUT2D eigenvalue weighted by molar-refractivity contribution is 0.0427. The van der Waals surface area contributed by atoms with E-state index in [1.807, 2.05) is 6.08 Å². The van der Waals surface area contributed by atoms with Gasteiger partial charge in [-0.05, 0) is 72.4 Å². The summed E-state index contributed by atoms with van der Waals surface area (Å²) in [4.78, 5) is 41.7. The number of carbonyl (C=O) groups excluding carboxylic acids is 2. The molecular weight excluding hydrogens is 376 g/mol. The van der Waals surface area contributed by atoms with E-state index in [0.717, 1.165) is 12.8 Å². The zero-order valence-electron chi connectivity index (χ0n) is 17.7. The maximum Gasteiger partial charge on any atom is 0.425 e. The van der Waals surface area contributed by atoms with Gasteiger partial charge in [-0.2, -0.15) is 4.90 Å². The van der Waals surface area contributed by atoms with Crippen LogP contribution in [-0.2, 0) is 9.47 Å². The highest BCUT2D eigenvalue weighted by molar-refractivity contribution is 6.09. The smallest absolute Gasteiger partial charge is 0.425 e. The van der Waals surface area contributed by atoms with Crippen molar-refractivity contribution >= 4 is 30.0 Å². The Morgan fingerprint density at radius 1 is 1.03 bits per heavy atom. The normalized spacial score (nSPS) is 14.6. The lowest BCUT2D eigenvalue weighted by Crippen LogP contribution is -2.44. The summed E-state index contributed by atoms with van der Waals surface area (Å²) in [6.07, 6.45) is 3.78. The second kappa shape index (κ2) is 8.23. The second-order valence-corrected chi connectivity index (χ2v) is 8.91. The molecule has 0 aromatic carbocycles. The molecule has 0 saturated heterocycles. The van der Waals surface area contributed by atoms with Crippen LogP contribution in [0.3, 0.4) is 0 Å². The molecule has 0 aliphatic heterocycles. The molecule has 1 aromatic rings. The van der Waals surface area contributed by atoms with E-state index in [2.05, 4.69) is 4.98 Å². The van der Waals surface area contributed by atoms with Crippen LogP contribution in [0.25, 0.3) is 6.08 Å². The number of imide groups is 1. The number of carboxylic acid groups (broad SMARTS) is 1. The molecule has 0 atom stereocenters. The van der Waals surface area contributed by atoms with Gasteiger partial charge in [-0.3, -0.25) is 0 Å². The number of pyridine rings is 1. The molecule has 1 aliphatic rings. The first-order chi connectivity index (χ1) is 13.3. The van der Waals surface area contributed by atoms with Crippen LogP contribution in [0.2, 0.25) is 0 Å². The standard InChI is InChI=1S/C21H28N2O6/c1-20(2,3)28-18(26)23(19(27)29-21(4,5)6)15-12-11-14(10-9-13-7-8-13)16(22-15)17(24)25/h9-13H,7-8H2,1-6H3,(H,24,25)/b10-9+. The molecule has 29 heavy (non-hydrogen) atoms. The minimum atomic E-state index is -1.27. The van der Waals surface area contributed by atoms with E-state index in [-0.39, 0.29) is 11.5 Å². The molecule has 1 aliphatic carbocycles. The predicted molar refractivity (Wildman–Crippen MR) is 108 cm³/mol. The molecule has 0 spiro atoms. The van der Waals surface area contributed by atoms with Crippen molar-refractivity contribution in [2.24, 2.45) is 5.92 Å². The molecule has 1 fully saturated rings. The van der Waals surface area contributed by atoms with Crippen molar-refractivity contribution in [2.75, 3.05) is 4.90 Å². The van der Waals surface area contributed by atoms with E-state index >= 15 is 0 Å². The molecular formula is C21H28N2O6. The van der Waals surface area contributed by atoms with E-state index < -0.39 is 29.4 Å². The average Bonchev–Trinajstić information content (AvgIpc) is 3.34. The number of carboxylic acids is 1. The number of aromatic nitrogens is 1. The zero-order chi connectivity index (χ0) is 22.0. The number of hydrogen-bond donors (Lipinski definition) is 1. The van der Waals surface area contributed by atoms with Crippen LogP contribution in [-0.4, -0.2) is 39.4 Å². The van der Waals surface area contributed by atoms with Gasteiger partial charge in [0.25, 0.3) is 0 Å². The van der Waals surface area contributed by atoms with E-state index in [0.29, 0.717) is 16.4 Å². The van der Waals surface area contributed by atoms with Crippen LogP contribution in [0, 0.1) is 5.92 Å². The number of hydrogen-bond acceptors (Lipinski definition) is 6. The summed E-state index contributed by atoms with van der Waals surface area (Å²) in [6.45, 7) is 9.92. The molecule has 158 valence electrons. The van der Waals surface area contributed by atoms with Crippen molar-refractivity contribution in [2.45, 2.75) is 65.6 Å². The van der Waals surface area contributed by atoms with E-state index in [9.17, 15) is 19.5 Å². The molecule has 8 nitrogen and oxygen atoms in total. The largest absolute Gasteiger partial charge is 0.476 e. The Balaban J connectivity index is 2.45. The topological polar surface area (TPSA) is 106 Å². The first-order valence-electron chi connectivity index (χ1n) is 9.45. The molecule has 0 bridgehead atoms. The van der Waals surface area contributed by atoms with Gasteiger partial charge in [0.2, 0.25) is 0 Å². The fraction of sp³-hybridized carbons (Fsp3) is 0.524. The fourth-order valence-electron chi connectivity index (χ4n) is 2.30. The highest BCUT2D eigenvalue weighted by Gasteiger charge is 2.34. The fourth-order valence-corrected chi connectivity index (χ4v) is 2.30. The summed E-state index contributed by atoms with van der Waals surface area (Å²) in [7, 11) is 0. The number of anilines is 1. The van der Waals surface area contributed by atoms with Gasteiger partial charge in [0.1, 0.15) is 17.0 Å². The number of amides is 2. The molecule has 0 unspecified atom stereocenters. The number of ether oxygens (including phenoxy) is 2. The molecule has 1 heterocycles. The van der Waals surface area contributed by atoms with Crippen LogP contribution in [0.15, 0.2) is 18.2 Å². The van der Waals surface area contributed by atoms with Gasteiger partial charge in [0.05, 0.1) is 0 Å². The van der Waals surface area contributed by atoms with Gasteiger partial charge >= 0.3 is 18.2 Å². The summed E-state index contributed by atoms with van der Waals surface area (Å²) < 4.78 is 10.6. The number of rotatable bonds is 4. The first kappa shape index (κ1) is 22.4. The lowest BCUT2D eigenvalue weighted by atomic mass is 10.1. The highest BCUT2D eigenvalue weighted by Crippen LogP contribution is 2.31. The third kappa shape index (κ3) is 6.89. The van der Waals surface area contributed by atoms with Crippen molar-refractivity contribution in [1.29, 1.82) is 0 Å². The van der Waals surface area contributed by atoms with Crippen molar-refractivity contribution in [1.82, 2.24) is 4.98 Å². The Morgan fingerprint density at radius 3 is 1.97 bits per heavy atom. The Kier molecular flexibility index (Phi) is 6.35. The van der Waals surface area contributed by atoms with Crippen molar-refractivity contribution in [3.8, 4) is 0 Å². The minimum Gasteiger partial charge on any atom is -0.476 e. The van der Waals surface area contributed by atoms with E-state index in [4.69, 9.17) is 9.47 Å². The summed E-state index contributed by atoms with van der Waals surface area (Å²) in [5.41, 5.74) is -1.63. The van der Waals surface area contributed by atoms with Gasteiger partial charge < -0.3 is 14.6 Å². The Hall–Kier alpha value is -2.90. The average molecular weight is 404 g/mol. The number of nitrogens with zero attached hydrogens (tertiary/aromatic N) is 2. The first-order valence-corrected chi connectivity index (χ1v) is 9.45.